The van der Waals surface area contributed by atoms with Gasteiger partial charge in [-0.25, -0.2) is 9.59 Å². The van der Waals surface area contributed by atoms with Crippen LogP contribution in [0.4, 0.5) is 0 Å². The van der Waals surface area contributed by atoms with Gasteiger partial charge in [-0.3, -0.25) is 4.79 Å². The normalized spacial score (nSPS) is 10.2. The van der Waals surface area contributed by atoms with Crippen molar-refractivity contribution < 1.29 is 18.7 Å². The molecule has 6 nitrogen and oxygen atoms in total. The highest BCUT2D eigenvalue weighted by Gasteiger charge is 2.13. The van der Waals surface area contributed by atoms with Crippen LogP contribution in [0.25, 0.3) is 11.0 Å². The second-order valence-corrected chi connectivity index (χ2v) is 5.15. The summed E-state index contributed by atoms with van der Waals surface area (Å²) in [6.07, 6.45) is 1.36. The number of hydrogen-bond acceptors (Lipinski definition) is 5. The maximum Gasteiger partial charge on any atom is 0.349 e. The first-order valence-electron chi connectivity index (χ1n) is 7.13. The number of esters is 1. The third-order valence-electron chi connectivity index (χ3n) is 2.91. The second-order valence-electron chi connectivity index (χ2n) is 5.15. The Labute approximate surface area is 132 Å². The van der Waals surface area contributed by atoms with Crippen molar-refractivity contribution in [1.29, 1.82) is 0 Å². The Hall–Kier alpha value is -2.89. The van der Waals surface area contributed by atoms with Gasteiger partial charge in [0.05, 0.1) is 0 Å². The van der Waals surface area contributed by atoms with E-state index in [1.807, 2.05) is 0 Å². The average Bonchev–Trinajstić information content (AvgIpc) is 2.45. The van der Waals surface area contributed by atoms with Gasteiger partial charge in [0.25, 0.3) is 5.91 Å². The maximum atomic E-state index is 11.9. The summed E-state index contributed by atoms with van der Waals surface area (Å²) in [6, 6.07) is 6.08. The van der Waals surface area contributed by atoms with Crippen LogP contribution in [-0.2, 0) is 4.79 Å². The average molecular weight is 315 g/mol. The molecule has 1 heterocycles. The monoisotopic (exact) mass is 315 g/mol. The van der Waals surface area contributed by atoms with Crippen LogP contribution in [0.2, 0.25) is 0 Å². The molecule has 0 bridgehead atoms. The molecule has 0 saturated carbocycles. The lowest BCUT2D eigenvalue weighted by Crippen LogP contribution is -2.27. The number of amides is 1. The van der Waals surface area contributed by atoms with Gasteiger partial charge in [-0.05, 0) is 39.0 Å². The molecular formula is C17H17NO5. The number of carbonyl (C=O) groups is 2. The molecule has 0 fully saturated rings. The van der Waals surface area contributed by atoms with Crippen molar-refractivity contribution >= 4 is 22.8 Å². The Morgan fingerprint density at radius 2 is 2.00 bits per heavy atom. The highest BCUT2D eigenvalue weighted by atomic mass is 16.5. The highest BCUT2D eigenvalue weighted by Crippen LogP contribution is 2.21. The zero-order valence-electron chi connectivity index (χ0n) is 13.1. The van der Waals surface area contributed by atoms with E-state index >= 15 is 0 Å². The van der Waals surface area contributed by atoms with E-state index in [1.165, 1.54) is 18.2 Å². The molecule has 2 rings (SSSR count). The molecule has 0 radical (unpaired) electrons. The summed E-state index contributed by atoms with van der Waals surface area (Å²) in [6.45, 7) is 5.73. The third-order valence-corrected chi connectivity index (χ3v) is 2.91. The summed E-state index contributed by atoms with van der Waals surface area (Å²) >= 11 is 0. The van der Waals surface area contributed by atoms with Crippen LogP contribution in [0.5, 0.6) is 5.75 Å². The van der Waals surface area contributed by atoms with Gasteiger partial charge in [-0.1, -0.05) is 5.57 Å². The van der Waals surface area contributed by atoms with Gasteiger partial charge < -0.3 is 14.5 Å². The summed E-state index contributed by atoms with van der Waals surface area (Å²) < 4.78 is 10.3. The lowest BCUT2D eigenvalue weighted by atomic mass is 10.1. The van der Waals surface area contributed by atoms with Crippen LogP contribution in [0.1, 0.15) is 31.1 Å². The Kier molecular flexibility index (Phi) is 4.95. The molecule has 0 unspecified atom stereocenters. The number of carbonyl (C=O) groups excluding carboxylic acids is 2. The molecule has 120 valence electrons. The first-order chi connectivity index (χ1) is 10.9. The van der Waals surface area contributed by atoms with Gasteiger partial charge >= 0.3 is 11.6 Å². The van der Waals surface area contributed by atoms with E-state index in [1.54, 1.807) is 32.9 Å². The zero-order chi connectivity index (χ0) is 17.0. The number of hydrogen-bond donors (Lipinski definition) is 1. The molecular weight excluding hydrogens is 298 g/mol. The minimum atomic E-state index is -0.740. The number of rotatable bonds is 4. The molecule has 23 heavy (non-hydrogen) atoms. The van der Waals surface area contributed by atoms with Gasteiger partial charge in [-0.2, -0.15) is 0 Å². The zero-order valence-corrected chi connectivity index (χ0v) is 13.1. The number of ether oxygens (including phenoxy) is 1. The first kappa shape index (κ1) is 16.5. The van der Waals surface area contributed by atoms with Gasteiger partial charge in [-0.15, -0.1) is 0 Å². The summed E-state index contributed by atoms with van der Waals surface area (Å²) in [7, 11) is 0. The van der Waals surface area contributed by atoms with E-state index < -0.39 is 17.5 Å². The molecule has 1 aromatic carbocycles. The molecule has 0 aliphatic rings. The fraction of sp³-hybridized carbons (Fsp3) is 0.235. The second kappa shape index (κ2) is 6.91. The van der Waals surface area contributed by atoms with Gasteiger partial charge in [0.1, 0.15) is 16.9 Å². The van der Waals surface area contributed by atoms with Crippen LogP contribution in [0.15, 0.2) is 45.1 Å². The molecule has 1 N–H and O–H groups in total. The molecule has 2 aromatic rings. The van der Waals surface area contributed by atoms with Gasteiger partial charge in [0, 0.05) is 24.1 Å². The van der Waals surface area contributed by atoms with Gasteiger partial charge in [0.15, 0.2) is 0 Å². The first-order valence-corrected chi connectivity index (χ1v) is 7.13. The summed E-state index contributed by atoms with van der Waals surface area (Å²) in [5, 5.41) is 3.11. The SMILES string of the molecule is CCNC(=O)c1cc2ccc(OC(=O)C=C(C)C)cc2oc1=O. The van der Waals surface area contributed by atoms with Crippen molar-refractivity contribution in [1.82, 2.24) is 5.32 Å². The lowest BCUT2D eigenvalue weighted by Gasteiger charge is -2.05. The smallest absolute Gasteiger partial charge is 0.349 e. The summed E-state index contributed by atoms with van der Waals surface area (Å²) in [5.41, 5.74) is 0.254. The standard InChI is InChI=1S/C17H17NO5/c1-4-18-16(20)13-8-11-5-6-12(9-14(11)23-17(13)21)22-15(19)7-10(2)3/h5-9H,4H2,1-3H3,(H,18,20). The van der Waals surface area contributed by atoms with Crippen molar-refractivity contribution in [3.63, 3.8) is 0 Å². The van der Waals surface area contributed by atoms with Crippen LogP contribution in [-0.4, -0.2) is 18.4 Å². The Bertz CT molecular complexity index is 844. The van der Waals surface area contributed by atoms with E-state index in [0.717, 1.165) is 5.57 Å². The van der Waals surface area contributed by atoms with Crippen LogP contribution < -0.4 is 15.7 Å². The van der Waals surface area contributed by atoms with E-state index in [-0.39, 0.29) is 16.9 Å². The number of benzene rings is 1. The largest absolute Gasteiger partial charge is 0.423 e. The fourth-order valence-corrected chi connectivity index (χ4v) is 1.95. The molecule has 1 amide bonds. The fourth-order valence-electron chi connectivity index (χ4n) is 1.95. The van der Waals surface area contributed by atoms with E-state index in [2.05, 4.69) is 5.32 Å². The Balaban J connectivity index is 2.36. The molecule has 0 atom stereocenters. The van der Waals surface area contributed by atoms with E-state index in [9.17, 15) is 14.4 Å². The quantitative estimate of drug-likeness (QED) is 0.405. The number of fused-ring (bicyclic) bond motifs is 1. The maximum absolute atomic E-state index is 11.9. The molecule has 1 aromatic heterocycles. The van der Waals surface area contributed by atoms with Crippen LogP contribution in [0.3, 0.4) is 0 Å². The lowest BCUT2D eigenvalue weighted by molar-refractivity contribution is -0.129. The molecule has 0 aliphatic heterocycles. The summed E-state index contributed by atoms with van der Waals surface area (Å²) in [4.78, 5) is 35.3. The van der Waals surface area contributed by atoms with Crippen molar-refractivity contribution in [2.45, 2.75) is 20.8 Å². The molecule has 0 spiro atoms. The highest BCUT2D eigenvalue weighted by molar-refractivity contribution is 5.96. The van der Waals surface area contributed by atoms with E-state index in [0.29, 0.717) is 11.9 Å². The predicted octanol–water partition coefficient (Wildman–Crippen LogP) is 2.41. The van der Waals surface area contributed by atoms with Crippen molar-refractivity contribution in [3.8, 4) is 5.75 Å². The van der Waals surface area contributed by atoms with Gasteiger partial charge in [0.2, 0.25) is 0 Å². The predicted molar refractivity (Wildman–Crippen MR) is 85.6 cm³/mol. The van der Waals surface area contributed by atoms with Crippen molar-refractivity contribution in [2.75, 3.05) is 6.54 Å². The van der Waals surface area contributed by atoms with Crippen molar-refractivity contribution in [2.24, 2.45) is 0 Å². The summed E-state index contributed by atoms with van der Waals surface area (Å²) in [5.74, 6) is -0.734. The minimum absolute atomic E-state index is 0.0614. The topological polar surface area (TPSA) is 85.6 Å². The van der Waals surface area contributed by atoms with Crippen molar-refractivity contribution in [3.05, 3.63) is 51.9 Å². The molecule has 0 aliphatic carbocycles. The minimum Gasteiger partial charge on any atom is -0.423 e. The Morgan fingerprint density at radius 3 is 2.65 bits per heavy atom. The molecule has 6 heteroatoms. The van der Waals surface area contributed by atoms with Crippen LogP contribution in [0, 0.1) is 0 Å². The number of nitrogens with one attached hydrogen (secondary N) is 1. The Morgan fingerprint density at radius 1 is 1.26 bits per heavy atom. The van der Waals surface area contributed by atoms with E-state index in [4.69, 9.17) is 9.15 Å². The number of allylic oxidation sites excluding steroid dienone is 1. The molecule has 0 saturated heterocycles. The third kappa shape index (κ3) is 4.06. The van der Waals surface area contributed by atoms with Crippen LogP contribution >= 0.6 is 0 Å².